The maximum Gasteiger partial charge on any atom is 0.244 e. The quantitative estimate of drug-likeness (QED) is 0.313. The lowest BCUT2D eigenvalue weighted by molar-refractivity contribution is -0.134. The Hall–Kier alpha value is -4.28. The van der Waals surface area contributed by atoms with Gasteiger partial charge in [-0.15, -0.1) is 0 Å². The molecule has 0 spiro atoms. The number of aromatic nitrogens is 2. The third-order valence-corrected chi connectivity index (χ3v) is 8.92. The van der Waals surface area contributed by atoms with Crippen molar-refractivity contribution in [3.05, 3.63) is 84.3 Å². The standard InChI is InChI=1S/C29H26N4O5S/c1-19-30-29(31-38-19)23-9-8-21-7-6-20(14-24(21)15-23)17-32-12-13-33(18-28(32)34)39(35,36)27-5-3-4-22-16-25(37-2)10-11-26(22)27/h3-11,14-16H,12-13,17-18H2,1-2H3. The summed E-state index contributed by atoms with van der Waals surface area (Å²) in [5.41, 5.74) is 1.80. The van der Waals surface area contributed by atoms with E-state index in [2.05, 4.69) is 10.1 Å². The highest BCUT2D eigenvalue weighted by Crippen LogP contribution is 2.30. The molecule has 4 aromatic carbocycles. The van der Waals surface area contributed by atoms with Crippen LogP contribution in [0.3, 0.4) is 0 Å². The molecule has 0 N–H and O–H groups in total. The molecule has 198 valence electrons. The number of ether oxygens (including phenoxy) is 1. The number of hydrogen-bond acceptors (Lipinski definition) is 7. The summed E-state index contributed by atoms with van der Waals surface area (Å²) in [7, 11) is -2.30. The highest BCUT2D eigenvalue weighted by molar-refractivity contribution is 7.89. The highest BCUT2D eigenvalue weighted by Gasteiger charge is 2.33. The zero-order chi connectivity index (χ0) is 27.1. The minimum atomic E-state index is -3.87. The van der Waals surface area contributed by atoms with Crippen molar-refractivity contribution >= 4 is 37.5 Å². The van der Waals surface area contributed by atoms with Gasteiger partial charge in [0.2, 0.25) is 27.6 Å². The number of aryl methyl sites for hydroxylation is 1. The van der Waals surface area contributed by atoms with Crippen LogP contribution in [0.2, 0.25) is 0 Å². The smallest absolute Gasteiger partial charge is 0.244 e. The molecule has 5 aromatic rings. The number of sulfonamides is 1. The number of amides is 1. The number of rotatable bonds is 6. The van der Waals surface area contributed by atoms with Gasteiger partial charge < -0.3 is 14.2 Å². The zero-order valence-electron chi connectivity index (χ0n) is 21.5. The van der Waals surface area contributed by atoms with E-state index in [1.807, 2.05) is 42.5 Å². The van der Waals surface area contributed by atoms with Crippen molar-refractivity contribution in [1.82, 2.24) is 19.3 Å². The van der Waals surface area contributed by atoms with Crippen LogP contribution in [-0.2, 0) is 21.4 Å². The molecule has 39 heavy (non-hydrogen) atoms. The van der Waals surface area contributed by atoms with Crippen molar-refractivity contribution in [2.24, 2.45) is 0 Å². The number of nitrogens with zero attached hydrogens (tertiary/aromatic N) is 4. The molecule has 9 nitrogen and oxygen atoms in total. The first-order valence-corrected chi connectivity index (χ1v) is 13.9. The van der Waals surface area contributed by atoms with Gasteiger partial charge in [-0.3, -0.25) is 4.79 Å². The predicted octanol–water partition coefficient (Wildman–Crippen LogP) is 4.39. The molecular formula is C29H26N4O5S. The summed E-state index contributed by atoms with van der Waals surface area (Å²) in [6.07, 6.45) is 0. The molecule has 0 saturated carbocycles. The first kappa shape index (κ1) is 25.0. The van der Waals surface area contributed by atoms with Gasteiger partial charge in [-0.2, -0.15) is 9.29 Å². The molecule has 1 fully saturated rings. The average Bonchev–Trinajstić information content (AvgIpc) is 3.39. The maximum absolute atomic E-state index is 13.6. The van der Waals surface area contributed by atoms with Crippen LogP contribution in [0.4, 0.5) is 0 Å². The molecule has 10 heteroatoms. The third kappa shape index (κ3) is 4.73. The largest absolute Gasteiger partial charge is 0.497 e. The minimum Gasteiger partial charge on any atom is -0.497 e. The van der Waals surface area contributed by atoms with Gasteiger partial charge in [0.1, 0.15) is 5.75 Å². The van der Waals surface area contributed by atoms with E-state index in [9.17, 15) is 13.2 Å². The molecule has 1 aromatic heterocycles. The second-order valence-electron chi connectivity index (χ2n) is 9.53. The summed E-state index contributed by atoms with van der Waals surface area (Å²) < 4.78 is 38.8. The molecule has 1 saturated heterocycles. The molecule has 0 bridgehead atoms. The Morgan fingerprint density at radius 3 is 2.56 bits per heavy atom. The van der Waals surface area contributed by atoms with Crippen molar-refractivity contribution in [3.8, 4) is 17.1 Å². The Balaban J connectivity index is 1.20. The second-order valence-corrected chi connectivity index (χ2v) is 11.4. The lowest BCUT2D eigenvalue weighted by Crippen LogP contribution is -2.51. The van der Waals surface area contributed by atoms with Crippen LogP contribution < -0.4 is 4.74 Å². The van der Waals surface area contributed by atoms with E-state index in [0.717, 1.165) is 27.3 Å². The van der Waals surface area contributed by atoms with Crippen LogP contribution in [0.5, 0.6) is 5.75 Å². The SMILES string of the molecule is COc1ccc2c(S(=O)(=O)N3CCN(Cc4ccc5ccc(-c6noc(C)n6)cc5c4)C(=O)C3)cccc2c1. The highest BCUT2D eigenvalue weighted by atomic mass is 32.2. The fraction of sp³-hybridized carbons (Fsp3) is 0.207. The van der Waals surface area contributed by atoms with Crippen LogP contribution in [-0.4, -0.2) is 60.4 Å². The van der Waals surface area contributed by atoms with Gasteiger partial charge in [0.15, 0.2) is 0 Å². The van der Waals surface area contributed by atoms with E-state index in [4.69, 9.17) is 9.26 Å². The van der Waals surface area contributed by atoms with E-state index in [-0.39, 0.29) is 23.9 Å². The van der Waals surface area contributed by atoms with E-state index >= 15 is 0 Å². The third-order valence-electron chi connectivity index (χ3n) is 7.01. The summed E-state index contributed by atoms with van der Waals surface area (Å²) in [4.78, 5) is 19.3. The number of methoxy groups -OCH3 is 1. The van der Waals surface area contributed by atoms with Crippen molar-refractivity contribution in [1.29, 1.82) is 0 Å². The molecule has 6 rings (SSSR count). The van der Waals surface area contributed by atoms with Crippen LogP contribution in [0.1, 0.15) is 11.5 Å². The van der Waals surface area contributed by atoms with Gasteiger partial charge in [-0.05, 0) is 58.1 Å². The summed E-state index contributed by atoms with van der Waals surface area (Å²) in [6, 6.07) is 22.4. The van der Waals surface area contributed by atoms with Crippen molar-refractivity contribution in [2.45, 2.75) is 18.4 Å². The Morgan fingerprint density at radius 2 is 1.79 bits per heavy atom. The topological polar surface area (TPSA) is 106 Å². The van der Waals surface area contributed by atoms with Gasteiger partial charge in [0.05, 0.1) is 18.6 Å². The molecule has 2 heterocycles. The van der Waals surface area contributed by atoms with Gasteiger partial charge in [-0.25, -0.2) is 8.42 Å². The number of piperazine rings is 1. The summed E-state index contributed by atoms with van der Waals surface area (Å²) in [6.45, 7) is 2.45. The maximum atomic E-state index is 13.6. The van der Waals surface area contributed by atoms with Crippen molar-refractivity contribution in [2.75, 3.05) is 26.7 Å². The Morgan fingerprint density at radius 1 is 0.949 bits per heavy atom. The molecule has 1 aliphatic heterocycles. The van der Waals surface area contributed by atoms with Gasteiger partial charge in [0.25, 0.3) is 0 Å². The molecule has 0 aliphatic carbocycles. The summed E-state index contributed by atoms with van der Waals surface area (Å²) in [5.74, 6) is 1.44. The number of benzene rings is 4. The van der Waals surface area contributed by atoms with E-state index < -0.39 is 10.0 Å². The molecule has 0 radical (unpaired) electrons. The summed E-state index contributed by atoms with van der Waals surface area (Å²) in [5, 5.41) is 7.40. The summed E-state index contributed by atoms with van der Waals surface area (Å²) >= 11 is 0. The average molecular weight is 543 g/mol. The number of hydrogen-bond donors (Lipinski definition) is 0. The monoisotopic (exact) mass is 542 g/mol. The van der Waals surface area contributed by atoms with E-state index in [1.165, 1.54) is 4.31 Å². The van der Waals surface area contributed by atoms with Gasteiger partial charge in [-0.1, -0.05) is 41.6 Å². The lowest BCUT2D eigenvalue weighted by Gasteiger charge is -2.34. The molecule has 1 aliphatic rings. The predicted molar refractivity (Wildman–Crippen MR) is 147 cm³/mol. The van der Waals surface area contributed by atoms with Crippen LogP contribution in [0, 0.1) is 6.92 Å². The molecular weight excluding hydrogens is 516 g/mol. The minimum absolute atomic E-state index is 0.186. The molecule has 0 unspecified atom stereocenters. The van der Waals surface area contributed by atoms with Crippen LogP contribution in [0.15, 0.2) is 82.2 Å². The number of carbonyl (C=O) groups excluding carboxylic acids is 1. The van der Waals surface area contributed by atoms with E-state index in [1.54, 1.807) is 49.3 Å². The van der Waals surface area contributed by atoms with Gasteiger partial charge in [0, 0.05) is 37.5 Å². The van der Waals surface area contributed by atoms with Crippen LogP contribution in [0.25, 0.3) is 32.9 Å². The first-order chi connectivity index (χ1) is 18.8. The Kier molecular flexibility index (Phi) is 6.28. The Labute approximate surface area is 225 Å². The normalized spacial score (nSPS) is 14.8. The fourth-order valence-electron chi connectivity index (χ4n) is 4.95. The zero-order valence-corrected chi connectivity index (χ0v) is 22.3. The molecule has 0 atom stereocenters. The van der Waals surface area contributed by atoms with Crippen LogP contribution >= 0.6 is 0 Å². The van der Waals surface area contributed by atoms with Gasteiger partial charge >= 0.3 is 0 Å². The second kappa shape index (κ2) is 9.79. The van der Waals surface area contributed by atoms with Crippen molar-refractivity contribution in [3.63, 3.8) is 0 Å². The molecule has 1 amide bonds. The Bertz CT molecular complexity index is 1830. The lowest BCUT2D eigenvalue weighted by atomic mass is 10.0. The van der Waals surface area contributed by atoms with Crippen molar-refractivity contribution < 1.29 is 22.5 Å². The number of fused-ring (bicyclic) bond motifs is 2. The number of carbonyl (C=O) groups is 1. The fourth-order valence-corrected chi connectivity index (χ4v) is 6.55. The van der Waals surface area contributed by atoms with E-state index in [0.29, 0.717) is 35.9 Å². The first-order valence-electron chi connectivity index (χ1n) is 12.5.